The van der Waals surface area contributed by atoms with Crippen LogP contribution < -0.4 is 0 Å². The minimum absolute atomic E-state index is 0.230. The summed E-state index contributed by atoms with van der Waals surface area (Å²) in [4.78, 5) is 3.43. The molecule has 3 rings (SSSR count). The molecule has 0 aliphatic carbocycles. The van der Waals surface area contributed by atoms with Crippen LogP contribution in [0, 0.1) is 42.2 Å². The monoisotopic (exact) mass is 497 g/mol. The van der Waals surface area contributed by atoms with Crippen molar-refractivity contribution >= 4 is 23.1 Å². The van der Waals surface area contributed by atoms with Gasteiger partial charge in [-0.3, -0.25) is 0 Å². The molecule has 0 unspecified atom stereocenters. The summed E-state index contributed by atoms with van der Waals surface area (Å²) in [5, 5.41) is 1.98. The van der Waals surface area contributed by atoms with Crippen molar-refractivity contribution in [2.24, 2.45) is 4.99 Å². The minimum Gasteiger partial charge on any atom is -0.204 e. The van der Waals surface area contributed by atoms with Gasteiger partial charge in [0.1, 0.15) is 5.69 Å². The molecule has 0 heterocycles. The maximum Gasteiger partial charge on any atom is 0.153 e. The zero-order valence-corrected chi connectivity index (χ0v) is 21.8. The van der Waals surface area contributed by atoms with Crippen LogP contribution >= 0.6 is 12.2 Å². The fourth-order valence-electron chi connectivity index (χ4n) is 4.01. The Hall–Kier alpha value is -3.56. The molecule has 0 fully saturated rings. The lowest BCUT2D eigenvalue weighted by Gasteiger charge is -2.12. The van der Waals surface area contributed by atoms with Gasteiger partial charge in [0.2, 0.25) is 0 Å². The van der Waals surface area contributed by atoms with Crippen LogP contribution in [0.3, 0.4) is 0 Å². The van der Waals surface area contributed by atoms with Gasteiger partial charge < -0.3 is 0 Å². The number of halogens is 2. The van der Waals surface area contributed by atoms with E-state index in [0.717, 1.165) is 53.6 Å². The van der Waals surface area contributed by atoms with Crippen LogP contribution in [0.4, 0.5) is 14.5 Å². The highest BCUT2D eigenvalue weighted by Gasteiger charge is 2.10. The van der Waals surface area contributed by atoms with Gasteiger partial charge in [-0.25, -0.2) is 8.78 Å². The van der Waals surface area contributed by atoms with Crippen molar-refractivity contribution in [1.29, 1.82) is 0 Å². The smallest absolute Gasteiger partial charge is 0.153 e. The number of benzene rings is 3. The van der Waals surface area contributed by atoms with Crippen LogP contribution in [0.15, 0.2) is 53.5 Å². The zero-order valence-electron chi connectivity index (χ0n) is 21.0. The molecule has 0 amide bonds. The molecule has 0 aliphatic rings. The summed E-state index contributed by atoms with van der Waals surface area (Å²) in [7, 11) is 0. The summed E-state index contributed by atoms with van der Waals surface area (Å²) >= 11 is 4.43. The number of aliphatic imine (C=N–C) groups is 1. The molecule has 3 aromatic rings. The van der Waals surface area contributed by atoms with Crippen molar-refractivity contribution in [1.82, 2.24) is 0 Å². The predicted molar refractivity (Wildman–Crippen MR) is 149 cm³/mol. The molecule has 4 heteroatoms. The molecule has 3 aromatic carbocycles. The summed E-state index contributed by atoms with van der Waals surface area (Å²) in [6.45, 7) is 6.42. The van der Waals surface area contributed by atoms with Gasteiger partial charge in [0, 0.05) is 23.1 Å². The van der Waals surface area contributed by atoms with Crippen LogP contribution in [0.5, 0.6) is 0 Å². The average Bonchev–Trinajstić information content (AvgIpc) is 2.87. The molecule has 0 radical (unpaired) electrons. The van der Waals surface area contributed by atoms with Crippen molar-refractivity contribution in [2.75, 3.05) is 0 Å². The Morgan fingerprint density at radius 2 is 1.44 bits per heavy atom. The topological polar surface area (TPSA) is 12.4 Å². The van der Waals surface area contributed by atoms with Crippen molar-refractivity contribution < 1.29 is 8.78 Å². The first-order chi connectivity index (χ1) is 17.5. The van der Waals surface area contributed by atoms with Crippen molar-refractivity contribution in [3.05, 3.63) is 88.0 Å². The van der Waals surface area contributed by atoms with E-state index in [9.17, 15) is 8.78 Å². The SMILES string of the molecule is CCCCCCC#Cc1ccc(-c2ccc(C#Cc3cc(F)c(N=C=S)c(F)c3)cc2CC)c(C)c1. The molecule has 0 spiro atoms. The van der Waals surface area contributed by atoms with E-state index < -0.39 is 17.3 Å². The quantitative estimate of drug-likeness (QED) is 0.137. The van der Waals surface area contributed by atoms with Gasteiger partial charge in [0.15, 0.2) is 11.6 Å². The van der Waals surface area contributed by atoms with E-state index in [4.69, 9.17) is 0 Å². The lowest BCUT2D eigenvalue weighted by atomic mass is 9.92. The first kappa shape index (κ1) is 27.0. The van der Waals surface area contributed by atoms with Crippen LogP contribution in [-0.2, 0) is 6.42 Å². The molecular weight excluding hydrogens is 468 g/mol. The van der Waals surface area contributed by atoms with Gasteiger partial charge >= 0.3 is 0 Å². The van der Waals surface area contributed by atoms with E-state index in [1.54, 1.807) is 0 Å². The van der Waals surface area contributed by atoms with E-state index in [2.05, 4.69) is 85.9 Å². The number of rotatable bonds is 7. The predicted octanol–water partition coefficient (Wildman–Crippen LogP) is 8.96. The Kier molecular flexibility index (Phi) is 10.1. The highest BCUT2D eigenvalue weighted by atomic mass is 32.1. The number of isothiocyanates is 1. The summed E-state index contributed by atoms with van der Waals surface area (Å²) in [6, 6.07) is 14.7. The molecule has 0 aliphatic heterocycles. The number of hydrogen-bond acceptors (Lipinski definition) is 2. The maximum absolute atomic E-state index is 14.1. The summed E-state index contributed by atoms with van der Waals surface area (Å²) in [5.74, 6) is 10.8. The third kappa shape index (κ3) is 7.22. The van der Waals surface area contributed by atoms with Crippen LogP contribution in [0.25, 0.3) is 11.1 Å². The first-order valence-electron chi connectivity index (χ1n) is 12.3. The van der Waals surface area contributed by atoms with Crippen LogP contribution in [0.1, 0.15) is 73.8 Å². The van der Waals surface area contributed by atoms with Crippen molar-refractivity contribution in [3.8, 4) is 34.8 Å². The molecule has 0 bridgehead atoms. The second kappa shape index (κ2) is 13.5. The van der Waals surface area contributed by atoms with Gasteiger partial charge in [-0.15, -0.1) is 0 Å². The van der Waals surface area contributed by atoms with Crippen LogP contribution in [-0.4, -0.2) is 5.16 Å². The van der Waals surface area contributed by atoms with E-state index in [0.29, 0.717) is 0 Å². The average molecular weight is 498 g/mol. The molecular formula is C32H29F2NS. The number of unbranched alkanes of at least 4 members (excludes halogenated alkanes) is 4. The number of hydrogen-bond donors (Lipinski definition) is 0. The van der Waals surface area contributed by atoms with E-state index in [-0.39, 0.29) is 5.56 Å². The standard InChI is InChI=1S/C32H29F2NS/c1-4-6-7-8-9-10-11-24-14-16-28(23(3)18-24)29-17-15-25(19-27(29)5-2)12-13-26-20-30(33)32(35-22-36)31(34)21-26/h14-21H,4-9H2,1-3H3. The molecule has 0 saturated heterocycles. The van der Waals surface area contributed by atoms with Crippen molar-refractivity contribution in [3.63, 3.8) is 0 Å². The third-order valence-corrected chi connectivity index (χ3v) is 6.01. The Balaban J connectivity index is 1.82. The minimum atomic E-state index is -0.818. The molecule has 1 nitrogen and oxygen atoms in total. The second-order valence-electron chi connectivity index (χ2n) is 8.61. The first-order valence-corrected chi connectivity index (χ1v) is 12.7. The number of nitrogens with zero attached hydrogens (tertiary/aromatic N) is 1. The molecule has 36 heavy (non-hydrogen) atoms. The van der Waals surface area contributed by atoms with Crippen LogP contribution in [0.2, 0.25) is 0 Å². The zero-order chi connectivity index (χ0) is 25.9. The number of thiocarbonyl (C=S) groups is 1. The second-order valence-corrected chi connectivity index (χ2v) is 8.79. The normalized spacial score (nSPS) is 10.0. The largest absolute Gasteiger partial charge is 0.204 e. The molecule has 0 saturated carbocycles. The number of aryl methyl sites for hydroxylation is 2. The van der Waals surface area contributed by atoms with Gasteiger partial charge in [0.25, 0.3) is 0 Å². The molecule has 182 valence electrons. The van der Waals surface area contributed by atoms with Gasteiger partial charge in [-0.05, 0) is 90.6 Å². The molecule has 0 N–H and O–H groups in total. The maximum atomic E-state index is 14.1. The van der Waals surface area contributed by atoms with E-state index in [1.807, 2.05) is 17.3 Å². The summed E-state index contributed by atoms with van der Waals surface area (Å²) in [6.07, 6.45) is 6.68. The molecule has 0 aromatic heterocycles. The summed E-state index contributed by atoms with van der Waals surface area (Å²) < 4.78 is 28.2. The fourth-order valence-corrected chi connectivity index (χ4v) is 4.10. The van der Waals surface area contributed by atoms with Crippen molar-refractivity contribution in [2.45, 2.75) is 59.3 Å². The highest BCUT2D eigenvalue weighted by Crippen LogP contribution is 2.29. The Morgan fingerprint density at radius 3 is 2.08 bits per heavy atom. The van der Waals surface area contributed by atoms with E-state index in [1.165, 1.54) is 30.4 Å². The Morgan fingerprint density at radius 1 is 0.778 bits per heavy atom. The molecule has 0 atom stereocenters. The lowest BCUT2D eigenvalue weighted by molar-refractivity contribution is 0.587. The third-order valence-electron chi connectivity index (χ3n) is 5.92. The Bertz CT molecular complexity index is 1390. The van der Waals surface area contributed by atoms with E-state index >= 15 is 0 Å². The lowest BCUT2D eigenvalue weighted by Crippen LogP contribution is -1.93. The fraction of sp³-hybridized carbons (Fsp3) is 0.281. The van der Waals surface area contributed by atoms with Gasteiger partial charge in [0.05, 0.1) is 5.16 Å². The Labute approximate surface area is 218 Å². The highest BCUT2D eigenvalue weighted by molar-refractivity contribution is 7.78. The summed E-state index contributed by atoms with van der Waals surface area (Å²) in [5.41, 5.74) is 6.24. The van der Waals surface area contributed by atoms with Gasteiger partial charge in [-0.2, -0.15) is 4.99 Å². The van der Waals surface area contributed by atoms with Gasteiger partial charge in [-0.1, -0.05) is 68.9 Å².